The Hall–Kier alpha value is -3.26. The number of aromatic nitrogens is 3. The van der Waals surface area contributed by atoms with Gasteiger partial charge in [0.2, 0.25) is 5.82 Å². The molecule has 1 aliphatic heterocycles. The lowest BCUT2D eigenvalue weighted by Gasteiger charge is -2.27. The van der Waals surface area contributed by atoms with Gasteiger partial charge in [-0.3, -0.25) is 0 Å². The number of hydrogen-bond acceptors (Lipinski definition) is 5. The number of nitrogens with zero attached hydrogens (tertiary/aromatic N) is 3. The van der Waals surface area contributed by atoms with Crippen LogP contribution in [0.4, 0.5) is 22.0 Å². The maximum Gasteiger partial charge on any atom is 0.417 e. The molecule has 0 saturated carbocycles. The minimum atomic E-state index is -4.73. The van der Waals surface area contributed by atoms with E-state index in [1.54, 1.807) is 0 Å². The molecule has 3 atom stereocenters. The molecule has 1 N–H and O–H groups in total. The number of methoxy groups -OCH3 is 1. The molecule has 1 aromatic carbocycles. The number of rotatable bonds is 3. The molecular formula is C20H15F5N4O2. The molecule has 3 aromatic rings. The maximum atomic E-state index is 14.3. The van der Waals surface area contributed by atoms with Crippen LogP contribution in [0.15, 0.2) is 24.4 Å². The Kier molecular flexibility index (Phi) is 4.85. The lowest BCUT2D eigenvalue weighted by atomic mass is 9.86. The van der Waals surface area contributed by atoms with E-state index in [0.717, 1.165) is 20.1 Å². The van der Waals surface area contributed by atoms with Crippen molar-refractivity contribution in [3.05, 3.63) is 53.1 Å². The van der Waals surface area contributed by atoms with Crippen LogP contribution in [-0.2, 0) is 4.74 Å². The van der Waals surface area contributed by atoms with Crippen molar-refractivity contribution in [2.24, 2.45) is 0 Å². The lowest BCUT2D eigenvalue weighted by molar-refractivity contribution is -0.265. The Morgan fingerprint density at radius 3 is 2.71 bits per heavy atom. The molecule has 0 bridgehead atoms. The number of ether oxygens (including phenoxy) is 2. The maximum absolute atomic E-state index is 14.3. The van der Waals surface area contributed by atoms with Crippen molar-refractivity contribution < 1.29 is 31.4 Å². The van der Waals surface area contributed by atoms with E-state index in [1.165, 1.54) is 18.3 Å². The molecule has 1 aliphatic rings. The summed E-state index contributed by atoms with van der Waals surface area (Å²) >= 11 is 0. The normalized spacial score (nSPS) is 23.8. The number of H-pyrrole nitrogens is 1. The molecule has 6 nitrogen and oxygen atoms in total. The van der Waals surface area contributed by atoms with E-state index >= 15 is 0 Å². The molecule has 0 radical (unpaired) electrons. The summed E-state index contributed by atoms with van der Waals surface area (Å²) in [6, 6.07) is 5.24. The number of hydrogen-bond donors (Lipinski definition) is 1. The molecule has 3 heterocycles. The third-order valence-corrected chi connectivity index (χ3v) is 5.42. The van der Waals surface area contributed by atoms with Gasteiger partial charge < -0.3 is 14.5 Å². The number of nitriles is 1. The first-order valence-corrected chi connectivity index (χ1v) is 9.10. The highest BCUT2D eigenvalue weighted by Crippen LogP contribution is 2.56. The smallest absolute Gasteiger partial charge is 0.417 e. The Labute approximate surface area is 172 Å². The molecule has 2 aromatic heterocycles. The predicted octanol–water partition coefficient (Wildman–Crippen LogP) is 4.68. The standard InChI is InChI=1S/C20H15F5N4O2/c1-19(20(23,24)25)6-11(10-3-4-12(21)15(22)16(10)30-2)17(31-19)18-28-13-5-9(7-26)27-8-14(13)29-18/h3-5,8,11,17H,6H2,1-2H3,(H,28,29)/t11?,17-,19-/m1/s1. The SMILES string of the molecule is COc1c(C2C[C@](C)(C(F)(F)F)O[C@H]2c2nc3cc(C#N)ncc3[nH]2)ccc(F)c1F. The van der Waals surface area contributed by atoms with Gasteiger partial charge in [0.15, 0.2) is 17.2 Å². The van der Waals surface area contributed by atoms with E-state index in [-0.39, 0.29) is 17.1 Å². The van der Waals surface area contributed by atoms with Crippen LogP contribution in [0.2, 0.25) is 0 Å². The minimum absolute atomic E-state index is 0.0238. The number of alkyl halides is 3. The predicted molar refractivity (Wildman–Crippen MR) is 97.2 cm³/mol. The summed E-state index contributed by atoms with van der Waals surface area (Å²) in [5.74, 6) is -3.99. The molecule has 0 aliphatic carbocycles. The van der Waals surface area contributed by atoms with Crippen molar-refractivity contribution in [1.29, 1.82) is 5.26 Å². The van der Waals surface area contributed by atoms with E-state index in [9.17, 15) is 22.0 Å². The number of halogens is 5. The van der Waals surface area contributed by atoms with Gasteiger partial charge in [0.25, 0.3) is 0 Å². The van der Waals surface area contributed by atoms with Gasteiger partial charge in [0.05, 0.1) is 24.3 Å². The van der Waals surface area contributed by atoms with Gasteiger partial charge in [-0.2, -0.15) is 22.8 Å². The highest BCUT2D eigenvalue weighted by Gasteiger charge is 2.61. The van der Waals surface area contributed by atoms with E-state index in [0.29, 0.717) is 11.0 Å². The van der Waals surface area contributed by atoms with Gasteiger partial charge in [-0.05, 0) is 19.4 Å². The molecule has 0 amide bonds. The number of benzene rings is 1. The summed E-state index contributed by atoms with van der Waals surface area (Å²) in [5.41, 5.74) is -1.77. The number of imidazole rings is 1. The van der Waals surface area contributed by atoms with Crippen LogP contribution >= 0.6 is 0 Å². The molecule has 31 heavy (non-hydrogen) atoms. The van der Waals surface area contributed by atoms with Gasteiger partial charge in [-0.15, -0.1) is 0 Å². The number of fused-ring (bicyclic) bond motifs is 1. The lowest BCUT2D eigenvalue weighted by Crippen LogP contribution is -2.41. The zero-order chi connectivity index (χ0) is 22.6. The first-order valence-electron chi connectivity index (χ1n) is 9.10. The van der Waals surface area contributed by atoms with Gasteiger partial charge in [-0.1, -0.05) is 6.07 Å². The van der Waals surface area contributed by atoms with Crippen molar-refractivity contribution in [2.75, 3.05) is 7.11 Å². The molecule has 0 spiro atoms. The van der Waals surface area contributed by atoms with Gasteiger partial charge >= 0.3 is 6.18 Å². The summed E-state index contributed by atoms with van der Waals surface area (Å²) in [5, 5.41) is 8.99. The highest BCUT2D eigenvalue weighted by atomic mass is 19.4. The van der Waals surface area contributed by atoms with Crippen molar-refractivity contribution in [3.8, 4) is 11.8 Å². The van der Waals surface area contributed by atoms with Crippen molar-refractivity contribution in [1.82, 2.24) is 15.0 Å². The highest BCUT2D eigenvalue weighted by molar-refractivity contribution is 5.75. The Bertz CT molecular complexity index is 1200. The summed E-state index contributed by atoms with van der Waals surface area (Å²) in [6.45, 7) is 0.893. The number of nitrogens with one attached hydrogen (secondary N) is 1. The van der Waals surface area contributed by atoms with Crippen LogP contribution in [0.5, 0.6) is 5.75 Å². The van der Waals surface area contributed by atoms with Gasteiger partial charge in [0, 0.05) is 17.5 Å². The van der Waals surface area contributed by atoms with Crippen LogP contribution in [0.1, 0.15) is 42.4 Å². The first kappa shape index (κ1) is 21.0. The fraction of sp³-hybridized carbons (Fsp3) is 0.350. The van der Waals surface area contributed by atoms with Gasteiger partial charge in [0.1, 0.15) is 23.7 Å². The topological polar surface area (TPSA) is 83.8 Å². The third kappa shape index (κ3) is 3.37. The number of aromatic amines is 1. The fourth-order valence-electron chi connectivity index (χ4n) is 3.81. The molecule has 162 valence electrons. The molecule has 1 fully saturated rings. The number of pyridine rings is 1. The molecule has 11 heteroatoms. The zero-order valence-electron chi connectivity index (χ0n) is 16.2. The summed E-state index contributed by atoms with van der Waals surface area (Å²) in [4.78, 5) is 11.0. The van der Waals surface area contributed by atoms with Crippen LogP contribution in [0, 0.1) is 23.0 Å². The van der Waals surface area contributed by atoms with E-state index in [4.69, 9.17) is 14.7 Å². The zero-order valence-corrected chi connectivity index (χ0v) is 16.2. The molecule has 1 unspecified atom stereocenters. The monoisotopic (exact) mass is 438 g/mol. The second-order valence-corrected chi connectivity index (χ2v) is 7.38. The third-order valence-electron chi connectivity index (χ3n) is 5.42. The molecule has 4 rings (SSSR count). The van der Waals surface area contributed by atoms with Crippen LogP contribution in [-0.4, -0.2) is 33.8 Å². The largest absolute Gasteiger partial charge is 0.493 e. The quantitative estimate of drug-likeness (QED) is 0.601. The Balaban J connectivity index is 1.86. The van der Waals surface area contributed by atoms with Crippen LogP contribution in [0.3, 0.4) is 0 Å². The van der Waals surface area contributed by atoms with E-state index in [1.807, 2.05) is 6.07 Å². The Morgan fingerprint density at radius 2 is 2.06 bits per heavy atom. The van der Waals surface area contributed by atoms with E-state index in [2.05, 4.69) is 15.0 Å². The van der Waals surface area contributed by atoms with Crippen molar-refractivity contribution >= 4 is 11.0 Å². The van der Waals surface area contributed by atoms with Crippen LogP contribution in [0.25, 0.3) is 11.0 Å². The molecule has 1 saturated heterocycles. The summed E-state index contributed by atoms with van der Waals surface area (Å²) in [6.07, 6.45) is -5.24. The van der Waals surface area contributed by atoms with E-state index < -0.39 is 47.6 Å². The molecular weight excluding hydrogens is 423 g/mol. The fourth-order valence-corrected chi connectivity index (χ4v) is 3.81. The van der Waals surface area contributed by atoms with Crippen LogP contribution < -0.4 is 4.74 Å². The average molecular weight is 438 g/mol. The second kappa shape index (κ2) is 7.16. The Morgan fingerprint density at radius 1 is 1.32 bits per heavy atom. The second-order valence-electron chi connectivity index (χ2n) is 7.38. The van der Waals surface area contributed by atoms with Crippen molar-refractivity contribution in [3.63, 3.8) is 0 Å². The summed E-state index contributed by atoms with van der Waals surface area (Å²) < 4.78 is 79.8. The van der Waals surface area contributed by atoms with Gasteiger partial charge in [-0.25, -0.2) is 14.4 Å². The van der Waals surface area contributed by atoms with Crippen molar-refractivity contribution in [2.45, 2.75) is 37.1 Å². The minimum Gasteiger partial charge on any atom is -0.493 e. The summed E-state index contributed by atoms with van der Waals surface area (Å²) in [7, 11) is 1.10. The first-order chi connectivity index (χ1) is 14.6. The average Bonchev–Trinajstić information content (AvgIpc) is 3.30.